The smallest absolute Gasteiger partial charge is 1.00 e. The van der Waals surface area contributed by atoms with Crippen molar-refractivity contribution in [2.45, 2.75) is 12.1 Å². The predicted molar refractivity (Wildman–Crippen MR) is 16.2 cm³/mol. The van der Waals surface area contributed by atoms with Gasteiger partial charge in [0.2, 0.25) is 0 Å². The van der Waals surface area contributed by atoms with Crippen LogP contribution in [0.4, 0.5) is 0 Å². The predicted octanol–water partition coefficient (Wildman–Crippen LogP) is -7.78. The second-order valence-electron chi connectivity index (χ2n) is 0.649. The average molecular weight is 182 g/mol. The van der Waals surface area contributed by atoms with E-state index in [1.807, 2.05) is 0 Å². The van der Waals surface area contributed by atoms with Gasteiger partial charge in [-0.3, -0.25) is 0 Å². The first-order valence-electron chi connectivity index (χ1n) is 1.39. The summed E-state index contributed by atoms with van der Waals surface area (Å²) in [6.07, 6.45) is 0. The van der Waals surface area contributed by atoms with Gasteiger partial charge < -0.3 is 0 Å². The molecule has 0 fully saturated rings. The summed E-state index contributed by atoms with van der Waals surface area (Å²) in [6, 6.07) is 0. The Balaban J connectivity index is -0.0000000800. The van der Waals surface area contributed by atoms with Crippen molar-refractivity contribution in [2.24, 2.45) is 0 Å². The van der Waals surface area contributed by atoms with Crippen LogP contribution < -0.4 is 67.3 Å². The fraction of sp³-hybridized carbons (Fsp3) is 1.00. The molecule has 0 N–H and O–H groups in total. The maximum Gasteiger partial charge on any atom is 1.00 e. The third kappa shape index (κ3) is 17.7. The van der Waals surface area contributed by atoms with E-state index < -0.39 is 15.3 Å². The van der Waals surface area contributed by atoms with Gasteiger partial charge in [0.1, 0.15) is 0 Å². The summed E-state index contributed by atoms with van der Waals surface area (Å²) >= 11 is -2.70. The van der Waals surface area contributed by atoms with E-state index in [1.165, 1.54) is 0 Å². The normalized spacial score (nSPS) is 6.86. The van der Waals surface area contributed by atoms with Crippen molar-refractivity contribution in [1.29, 1.82) is 0 Å². The van der Waals surface area contributed by atoms with Gasteiger partial charge in [0.05, 0.1) is 0 Å². The number of hydrogen-bond acceptors (Lipinski definition) is 2. The molecule has 0 radical (unpaired) electrons. The molecule has 0 aromatic rings. The molecule has 0 bridgehead atoms. The molecule has 0 aromatic heterocycles. The van der Waals surface area contributed by atoms with Crippen molar-refractivity contribution in [1.82, 2.24) is 0 Å². The van der Waals surface area contributed by atoms with Gasteiger partial charge in [-0.05, 0) is 0 Å². The molecule has 0 saturated heterocycles. The third-order valence-corrected chi connectivity index (χ3v) is 1.34. The summed E-state index contributed by atoms with van der Waals surface area (Å²) in [7, 11) is 0. The van der Waals surface area contributed by atoms with Crippen molar-refractivity contribution < 1.29 is 67.3 Å². The van der Waals surface area contributed by atoms with Crippen LogP contribution in [0, 0.1) is 0 Å². The Hall–Kier alpha value is 2.48. The molecule has 32 valence electrons. The molecule has 2 nitrogen and oxygen atoms in total. The second-order valence-corrected chi connectivity index (χ2v) is 3.37. The first kappa shape index (κ1) is 16.2. The molecule has 0 aliphatic heterocycles. The van der Waals surface area contributed by atoms with E-state index in [2.05, 4.69) is 0 Å². The maximum atomic E-state index is 9.49. The summed E-state index contributed by atoms with van der Waals surface area (Å²) in [6.45, 7) is 1.64. The Morgan fingerprint density at radius 1 is 1.29 bits per heavy atom. The number of rotatable bonds is 1. The van der Waals surface area contributed by atoms with E-state index in [4.69, 9.17) is 0 Å². The Morgan fingerprint density at radius 2 is 1.43 bits per heavy atom. The Labute approximate surface area is 93.2 Å². The minimum atomic E-state index is -2.70. The monoisotopic (exact) mass is 182 g/mol. The standard InChI is InChI=1S/C2H5AsO2.2Na/c1-2-3(4)5;;/h2H2,1H3;;/q-2;2*+1. The molecule has 0 saturated carbocycles. The zero-order valence-electron chi connectivity index (χ0n) is 4.97. The van der Waals surface area contributed by atoms with E-state index in [0.29, 0.717) is 5.21 Å². The summed E-state index contributed by atoms with van der Waals surface area (Å²) < 4.78 is 19.0. The van der Waals surface area contributed by atoms with Crippen LogP contribution in [0.3, 0.4) is 0 Å². The summed E-state index contributed by atoms with van der Waals surface area (Å²) in [5, 5.41) is 0.340. The van der Waals surface area contributed by atoms with Gasteiger partial charge in [-0.1, -0.05) is 0 Å². The van der Waals surface area contributed by atoms with Gasteiger partial charge in [-0.2, -0.15) is 0 Å². The molecule has 0 amide bonds. The third-order valence-electron chi connectivity index (χ3n) is 0.258. The molecule has 0 atom stereocenters. The molecule has 0 unspecified atom stereocenters. The van der Waals surface area contributed by atoms with Crippen LogP contribution in [0.15, 0.2) is 0 Å². The molecule has 0 heterocycles. The Kier molecular flexibility index (Phi) is 26.2. The van der Waals surface area contributed by atoms with Crippen molar-refractivity contribution in [3.8, 4) is 0 Å². The van der Waals surface area contributed by atoms with Crippen LogP contribution >= 0.6 is 0 Å². The van der Waals surface area contributed by atoms with Crippen LogP contribution in [0.5, 0.6) is 0 Å². The summed E-state index contributed by atoms with van der Waals surface area (Å²) in [5.41, 5.74) is 0. The van der Waals surface area contributed by atoms with Crippen LogP contribution in [-0.4, -0.2) is 15.3 Å². The molecule has 0 rings (SSSR count). The fourth-order valence-corrected chi connectivity index (χ4v) is 0. The van der Waals surface area contributed by atoms with Crippen molar-refractivity contribution in [3.05, 3.63) is 0 Å². The summed E-state index contributed by atoms with van der Waals surface area (Å²) in [4.78, 5) is 0. The first-order chi connectivity index (χ1) is 2.27. The van der Waals surface area contributed by atoms with Crippen LogP contribution in [0.1, 0.15) is 6.92 Å². The van der Waals surface area contributed by atoms with E-state index in [0.717, 1.165) is 0 Å². The van der Waals surface area contributed by atoms with E-state index in [-0.39, 0.29) is 59.1 Å². The van der Waals surface area contributed by atoms with Gasteiger partial charge in [0, 0.05) is 0 Å². The van der Waals surface area contributed by atoms with Gasteiger partial charge in [-0.15, -0.1) is 0 Å². The average Bonchev–Trinajstić information content (AvgIpc) is 1.38. The number of hydrogen-bond donors (Lipinski definition) is 0. The van der Waals surface area contributed by atoms with Crippen LogP contribution in [0.25, 0.3) is 0 Å². The first-order valence-corrected chi connectivity index (χ1v) is 4.25. The second kappa shape index (κ2) is 11.3. The van der Waals surface area contributed by atoms with E-state index in [1.54, 1.807) is 6.92 Å². The van der Waals surface area contributed by atoms with Gasteiger partial charge in [-0.25, -0.2) is 0 Å². The van der Waals surface area contributed by atoms with E-state index in [9.17, 15) is 8.19 Å². The molecule has 0 aliphatic rings. The molecule has 0 spiro atoms. The Morgan fingerprint density at radius 3 is 1.43 bits per heavy atom. The summed E-state index contributed by atoms with van der Waals surface area (Å²) in [5.74, 6) is 0. The quantitative estimate of drug-likeness (QED) is 0.378. The van der Waals surface area contributed by atoms with Gasteiger partial charge in [0.15, 0.2) is 0 Å². The van der Waals surface area contributed by atoms with Gasteiger partial charge >= 0.3 is 94.8 Å². The van der Waals surface area contributed by atoms with Gasteiger partial charge in [0.25, 0.3) is 0 Å². The molecule has 0 aliphatic carbocycles. The fourth-order valence-electron chi connectivity index (χ4n) is 0. The largest absolute Gasteiger partial charge is 1.00 e. The van der Waals surface area contributed by atoms with E-state index >= 15 is 0 Å². The van der Waals surface area contributed by atoms with Crippen LogP contribution in [-0.2, 0) is 0 Å². The topological polar surface area (TPSA) is 46.1 Å². The SMILES string of the molecule is CC[As]([O-])[O-].[Na+].[Na+]. The van der Waals surface area contributed by atoms with Crippen molar-refractivity contribution in [2.75, 3.05) is 0 Å². The van der Waals surface area contributed by atoms with Crippen LogP contribution in [0.2, 0.25) is 5.21 Å². The zero-order chi connectivity index (χ0) is 4.28. The maximum absolute atomic E-state index is 9.49. The van der Waals surface area contributed by atoms with Crippen molar-refractivity contribution in [3.63, 3.8) is 0 Å². The zero-order valence-corrected chi connectivity index (χ0v) is 10.8. The molecular weight excluding hydrogens is 177 g/mol. The minimum Gasteiger partial charge on any atom is 1.00 e. The Bertz CT molecular complexity index is 27.7. The minimum absolute atomic E-state index is 0. The molecule has 0 aromatic carbocycles. The molecule has 7 heavy (non-hydrogen) atoms. The van der Waals surface area contributed by atoms with Crippen molar-refractivity contribution >= 4 is 15.3 Å². The molecule has 5 heteroatoms. The molecular formula is C2H5AsNa2O2.